The van der Waals surface area contributed by atoms with E-state index in [-0.39, 0.29) is 11.8 Å². The molecule has 2 heterocycles. The molecule has 2 amide bonds. The monoisotopic (exact) mass is 341 g/mol. The number of amides is 2. The number of nitrogens with zero attached hydrogens (tertiary/aromatic N) is 1. The average molecular weight is 342 g/mol. The van der Waals surface area contributed by atoms with Gasteiger partial charge in [-0.25, -0.2) is 4.98 Å². The van der Waals surface area contributed by atoms with Gasteiger partial charge < -0.3 is 10.6 Å². The quantitative estimate of drug-likeness (QED) is 0.858. The van der Waals surface area contributed by atoms with Gasteiger partial charge in [-0.3, -0.25) is 9.59 Å². The normalized spacial score (nSPS) is 20.8. The maximum atomic E-state index is 12.1. The highest BCUT2D eigenvalue weighted by Gasteiger charge is 2.37. The number of hydrogen-bond acceptors (Lipinski definition) is 5. The summed E-state index contributed by atoms with van der Waals surface area (Å²) in [6, 6.07) is -0.438. The van der Waals surface area contributed by atoms with Crippen LogP contribution in [0.1, 0.15) is 44.3 Å². The van der Waals surface area contributed by atoms with Crippen LogP contribution in [0.4, 0.5) is 0 Å². The molecular formula is C15H23N3O2S2. The van der Waals surface area contributed by atoms with Crippen molar-refractivity contribution in [2.45, 2.75) is 50.8 Å². The van der Waals surface area contributed by atoms with Crippen molar-refractivity contribution in [2.75, 3.05) is 12.3 Å². The predicted molar refractivity (Wildman–Crippen MR) is 91.4 cm³/mol. The standard InChI is InChI=1S/C15H23N3O2S2/c1-9(2)13-17-10(7-21-13)5-6-16-12(19)11-8-22-15(3,4)14(20)18-11/h7,9,11H,5-6,8H2,1-4H3,(H,16,19)(H,18,20). The van der Waals surface area contributed by atoms with E-state index in [1.54, 1.807) is 11.3 Å². The molecule has 1 aliphatic heterocycles. The highest BCUT2D eigenvalue weighted by Crippen LogP contribution is 2.28. The Kier molecular flexibility index (Phi) is 5.50. The molecule has 0 spiro atoms. The van der Waals surface area contributed by atoms with Crippen LogP contribution in [0.2, 0.25) is 0 Å². The molecule has 7 heteroatoms. The molecule has 0 aromatic carbocycles. The Morgan fingerprint density at radius 1 is 1.55 bits per heavy atom. The van der Waals surface area contributed by atoms with Crippen molar-refractivity contribution in [1.82, 2.24) is 15.6 Å². The van der Waals surface area contributed by atoms with Crippen LogP contribution in [-0.4, -0.2) is 39.9 Å². The molecule has 22 heavy (non-hydrogen) atoms. The summed E-state index contributed by atoms with van der Waals surface area (Å²) in [5.74, 6) is 0.852. The summed E-state index contributed by atoms with van der Waals surface area (Å²) in [4.78, 5) is 28.5. The van der Waals surface area contributed by atoms with Crippen molar-refractivity contribution in [3.05, 3.63) is 16.1 Å². The van der Waals surface area contributed by atoms with Gasteiger partial charge in [-0.2, -0.15) is 0 Å². The van der Waals surface area contributed by atoms with Gasteiger partial charge >= 0.3 is 0 Å². The number of hydrogen-bond donors (Lipinski definition) is 2. The first-order valence-electron chi connectivity index (χ1n) is 7.46. The summed E-state index contributed by atoms with van der Waals surface area (Å²) in [6.45, 7) is 8.52. The van der Waals surface area contributed by atoms with E-state index in [9.17, 15) is 9.59 Å². The summed E-state index contributed by atoms with van der Waals surface area (Å²) in [7, 11) is 0. The highest BCUT2D eigenvalue weighted by atomic mass is 32.2. The number of rotatable bonds is 5. The lowest BCUT2D eigenvalue weighted by molar-refractivity contribution is -0.129. The third kappa shape index (κ3) is 4.23. The van der Waals surface area contributed by atoms with E-state index in [0.29, 0.717) is 24.6 Å². The van der Waals surface area contributed by atoms with Crippen LogP contribution in [0, 0.1) is 0 Å². The van der Waals surface area contributed by atoms with Gasteiger partial charge in [-0.15, -0.1) is 23.1 Å². The van der Waals surface area contributed by atoms with Crippen molar-refractivity contribution >= 4 is 34.9 Å². The van der Waals surface area contributed by atoms with Gasteiger partial charge in [0.25, 0.3) is 0 Å². The van der Waals surface area contributed by atoms with E-state index in [1.807, 2.05) is 19.2 Å². The zero-order chi connectivity index (χ0) is 16.3. The molecule has 1 aromatic heterocycles. The molecule has 0 aliphatic carbocycles. The van der Waals surface area contributed by atoms with Gasteiger partial charge in [0.2, 0.25) is 11.8 Å². The third-order valence-electron chi connectivity index (χ3n) is 3.52. The Labute approximate surface area is 139 Å². The third-order valence-corrected chi connectivity index (χ3v) is 6.12. The lowest BCUT2D eigenvalue weighted by Crippen LogP contribution is -2.57. The number of carbonyl (C=O) groups is 2. The Morgan fingerprint density at radius 3 is 2.86 bits per heavy atom. The van der Waals surface area contributed by atoms with E-state index in [2.05, 4.69) is 29.5 Å². The Hall–Kier alpha value is -1.08. The van der Waals surface area contributed by atoms with Crippen LogP contribution in [0.5, 0.6) is 0 Å². The second-order valence-corrected chi connectivity index (χ2v) is 8.75. The van der Waals surface area contributed by atoms with E-state index >= 15 is 0 Å². The molecule has 1 fully saturated rings. The molecule has 0 bridgehead atoms. The Balaban J connectivity index is 1.77. The van der Waals surface area contributed by atoms with Crippen molar-refractivity contribution in [1.29, 1.82) is 0 Å². The van der Waals surface area contributed by atoms with Gasteiger partial charge in [-0.05, 0) is 13.8 Å². The number of aromatic nitrogens is 1. The molecule has 122 valence electrons. The first kappa shape index (κ1) is 17.3. The SMILES string of the molecule is CC(C)c1nc(CCNC(=O)C2CSC(C)(C)C(=O)N2)cs1. The first-order chi connectivity index (χ1) is 10.3. The van der Waals surface area contributed by atoms with Gasteiger partial charge in [0.05, 0.1) is 15.4 Å². The summed E-state index contributed by atoms with van der Waals surface area (Å²) in [5, 5.41) is 8.84. The molecule has 1 atom stereocenters. The van der Waals surface area contributed by atoms with Gasteiger partial charge in [0, 0.05) is 30.0 Å². The molecular weight excluding hydrogens is 318 g/mol. The van der Waals surface area contributed by atoms with E-state index < -0.39 is 10.8 Å². The van der Waals surface area contributed by atoms with Crippen LogP contribution in [0.3, 0.4) is 0 Å². The molecule has 0 saturated carbocycles. The summed E-state index contributed by atoms with van der Waals surface area (Å²) in [5.41, 5.74) is 1.01. The highest BCUT2D eigenvalue weighted by molar-refractivity contribution is 8.01. The smallest absolute Gasteiger partial charge is 0.243 e. The van der Waals surface area contributed by atoms with E-state index in [1.165, 1.54) is 11.8 Å². The number of thioether (sulfide) groups is 1. The molecule has 1 aliphatic rings. The summed E-state index contributed by atoms with van der Waals surface area (Å²) < 4.78 is -0.454. The molecule has 1 unspecified atom stereocenters. The van der Waals surface area contributed by atoms with Crippen LogP contribution in [-0.2, 0) is 16.0 Å². The number of thiazole rings is 1. The van der Waals surface area contributed by atoms with Crippen LogP contribution < -0.4 is 10.6 Å². The van der Waals surface area contributed by atoms with Crippen molar-refractivity contribution in [2.24, 2.45) is 0 Å². The minimum atomic E-state index is -0.454. The zero-order valence-corrected chi connectivity index (χ0v) is 15.1. The van der Waals surface area contributed by atoms with E-state index in [4.69, 9.17) is 0 Å². The minimum Gasteiger partial charge on any atom is -0.354 e. The molecule has 5 nitrogen and oxygen atoms in total. The van der Waals surface area contributed by atoms with Gasteiger partial charge in [0.1, 0.15) is 6.04 Å². The second kappa shape index (κ2) is 7.00. The minimum absolute atomic E-state index is 0.0787. The van der Waals surface area contributed by atoms with Gasteiger partial charge in [0.15, 0.2) is 0 Å². The second-order valence-electron chi connectivity index (χ2n) is 6.22. The Morgan fingerprint density at radius 2 is 2.27 bits per heavy atom. The fourth-order valence-corrected chi connectivity index (χ4v) is 3.89. The fourth-order valence-electron chi connectivity index (χ4n) is 2.01. The van der Waals surface area contributed by atoms with Gasteiger partial charge in [-0.1, -0.05) is 13.8 Å². The number of nitrogens with one attached hydrogen (secondary N) is 2. The molecule has 2 N–H and O–H groups in total. The zero-order valence-electron chi connectivity index (χ0n) is 13.4. The van der Waals surface area contributed by atoms with Crippen LogP contribution >= 0.6 is 23.1 Å². The van der Waals surface area contributed by atoms with Crippen LogP contribution in [0.15, 0.2) is 5.38 Å². The maximum Gasteiger partial charge on any atom is 0.243 e. The lowest BCUT2D eigenvalue weighted by atomic mass is 10.1. The largest absolute Gasteiger partial charge is 0.354 e. The first-order valence-corrected chi connectivity index (χ1v) is 9.33. The summed E-state index contributed by atoms with van der Waals surface area (Å²) >= 11 is 3.18. The lowest BCUT2D eigenvalue weighted by Gasteiger charge is -2.32. The van der Waals surface area contributed by atoms with Crippen molar-refractivity contribution in [3.63, 3.8) is 0 Å². The molecule has 1 aromatic rings. The van der Waals surface area contributed by atoms with Crippen molar-refractivity contribution < 1.29 is 9.59 Å². The molecule has 1 saturated heterocycles. The van der Waals surface area contributed by atoms with E-state index in [0.717, 1.165) is 10.7 Å². The van der Waals surface area contributed by atoms with Crippen LogP contribution in [0.25, 0.3) is 0 Å². The predicted octanol–water partition coefficient (Wildman–Crippen LogP) is 1.94. The molecule has 0 radical (unpaired) electrons. The average Bonchev–Trinajstić information content (AvgIpc) is 2.91. The summed E-state index contributed by atoms with van der Waals surface area (Å²) in [6.07, 6.45) is 0.717. The number of carbonyl (C=O) groups excluding carboxylic acids is 2. The maximum absolute atomic E-state index is 12.1. The fraction of sp³-hybridized carbons (Fsp3) is 0.667. The topological polar surface area (TPSA) is 71.1 Å². The Bertz CT molecular complexity index is 555. The van der Waals surface area contributed by atoms with Crippen molar-refractivity contribution in [3.8, 4) is 0 Å². The molecule has 2 rings (SSSR count).